The fourth-order valence-electron chi connectivity index (χ4n) is 1.50. The summed E-state index contributed by atoms with van der Waals surface area (Å²) in [6, 6.07) is 3.63. The van der Waals surface area contributed by atoms with Crippen LogP contribution in [0.1, 0.15) is 4.88 Å². The fourth-order valence-corrected chi connectivity index (χ4v) is 2.47. The first-order chi connectivity index (χ1) is 8.15. The maximum atomic E-state index is 11.8. The van der Waals surface area contributed by atoms with Crippen LogP contribution in [-0.4, -0.2) is 36.3 Å². The van der Waals surface area contributed by atoms with E-state index in [9.17, 15) is 9.59 Å². The lowest BCUT2D eigenvalue weighted by atomic mass is 10.3. The van der Waals surface area contributed by atoms with E-state index in [0.717, 1.165) is 4.88 Å². The van der Waals surface area contributed by atoms with Crippen LogP contribution < -0.4 is 5.32 Å². The van der Waals surface area contributed by atoms with Gasteiger partial charge in [0.25, 0.3) is 0 Å². The molecule has 0 saturated carbocycles. The Morgan fingerprint density at radius 3 is 3.00 bits per heavy atom. The number of thiophene rings is 1. The van der Waals surface area contributed by atoms with Crippen molar-refractivity contribution >= 4 is 40.8 Å². The number of amides is 2. The second kappa shape index (κ2) is 5.33. The highest BCUT2D eigenvalue weighted by Gasteiger charge is 2.18. The number of hydrogen-bond donors (Lipinski definition) is 1. The highest BCUT2D eigenvalue weighted by Crippen LogP contribution is 2.22. The summed E-state index contributed by atoms with van der Waals surface area (Å²) in [5.74, 6) is -0.262. The van der Waals surface area contributed by atoms with Crippen LogP contribution in [0.4, 0.5) is 0 Å². The summed E-state index contributed by atoms with van der Waals surface area (Å²) in [5.41, 5.74) is 0. The molecule has 0 aliphatic carbocycles. The number of nitrogens with zero attached hydrogens (tertiary/aromatic N) is 1. The first kappa shape index (κ1) is 12.1. The van der Waals surface area contributed by atoms with Crippen LogP contribution in [0.2, 0.25) is 4.34 Å². The van der Waals surface area contributed by atoms with Crippen molar-refractivity contribution in [2.24, 2.45) is 0 Å². The molecule has 0 radical (unpaired) electrons. The summed E-state index contributed by atoms with van der Waals surface area (Å²) >= 11 is 7.19. The lowest BCUT2D eigenvalue weighted by molar-refractivity contribution is -0.134. The van der Waals surface area contributed by atoms with Gasteiger partial charge in [-0.25, -0.2) is 0 Å². The molecule has 0 atom stereocenters. The quantitative estimate of drug-likeness (QED) is 0.826. The lowest BCUT2D eigenvalue weighted by Gasteiger charge is -2.25. The van der Waals surface area contributed by atoms with E-state index in [-0.39, 0.29) is 18.4 Å². The van der Waals surface area contributed by atoms with E-state index in [1.807, 2.05) is 6.07 Å². The van der Waals surface area contributed by atoms with Crippen LogP contribution in [0.3, 0.4) is 0 Å². The van der Waals surface area contributed by atoms with E-state index >= 15 is 0 Å². The van der Waals surface area contributed by atoms with E-state index in [1.165, 1.54) is 22.3 Å². The molecule has 2 amide bonds. The molecule has 1 fully saturated rings. The molecule has 0 spiro atoms. The summed E-state index contributed by atoms with van der Waals surface area (Å²) in [6.07, 6.45) is 3.19. The summed E-state index contributed by atoms with van der Waals surface area (Å²) in [6.45, 7) is 1.21. The number of piperazine rings is 1. The molecule has 1 aromatic rings. The third-order valence-corrected chi connectivity index (χ3v) is 3.53. The first-order valence-electron chi connectivity index (χ1n) is 5.14. The standard InChI is InChI=1S/C11H11ClN2O2S/c12-9-3-1-8(17-9)2-4-11(16)14-6-5-13-10(15)7-14/h1-4H,5-7H2,(H,13,15)/b4-2+. The molecule has 1 saturated heterocycles. The smallest absolute Gasteiger partial charge is 0.247 e. The molecule has 6 heteroatoms. The molecule has 2 rings (SSSR count). The van der Waals surface area contributed by atoms with Crippen LogP contribution in [0.25, 0.3) is 6.08 Å². The van der Waals surface area contributed by atoms with Gasteiger partial charge in [-0.05, 0) is 18.2 Å². The monoisotopic (exact) mass is 270 g/mol. The van der Waals surface area contributed by atoms with Crippen LogP contribution in [0.5, 0.6) is 0 Å². The number of nitrogens with one attached hydrogen (secondary N) is 1. The summed E-state index contributed by atoms with van der Waals surface area (Å²) in [4.78, 5) is 25.3. The zero-order valence-electron chi connectivity index (χ0n) is 8.98. The summed E-state index contributed by atoms with van der Waals surface area (Å²) in [7, 11) is 0. The minimum absolute atomic E-state index is 0.114. The molecule has 90 valence electrons. The van der Waals surface area contributed by atoms with Gasteiger partial charge in [-0.15, -0.1) is 11.3 Å². The first-order valence-corrected chi connectivity index (χ1v) is 6.33. The molecule has 1 aliphatic rings. The fraction of sp³-hybridized carbons (Fsp3) is 0.273. The molecule has 0 bridgehead atoms. The summed E-state index contributed by atoms with van der Waals surface area (Å²) < 4.78 is 0.689. The third kappa shape index (κ3) is 3.31. The molecule has 1 aliphatic heterocycles. The van der Waals surface area contributed by atoms with Crippen LogP contribution in [0, 0.1) is 0 Å². The van der Waals surface area contributed by atoms with E-state index in [0.29, 0.717) is 17.4 Å². The van der Waals surface area contributed by atoms with Gasteiger partial charge in [-0.3, -0.25) is 9.59 Å². The van der Waals surface area contributed by atoms with Crippen molar-refractivity contribution in [2.75, 3.05) is 19.6 Å². The lowest BCUT2D eigenvalue weighted by Crippen LogP contribution is -2.49. The van der Waals surface area contributed by atoms with E-state index < -0.39 is 0 Å². The Labute approximate surface area is 108 Å². The van der Waals surface area contributed by atoms with Gasteiger partial charge in [0.1, 0.15) is 0 Å². The normalized spacial score (nSPS) is 16.3. The Morgan fingerprint density at radius 1 is 1.53 bits per heavy atom. The van der Waals surface area contributed by atoms with E-state index in [4.69, 9.17) is 11.6 Å². The zero-order chi connectivity index (χ0) is 12.3. The molecule has 4 nitrogen and oxygen atoms in total. The Balaban J connectivity index is 1.96. The Bertz CT molecular complexity index is 470. The van der Waals surface area contributed by atoms with Crippen molar-refractivity contribution in [3.63, 3.8) is 0 Å². The van der Waals surface area contributed by atoms with Gasteiger partial charge in [0.2, 0.25) is 11.8 Å². The minimum atomic E-state index is -0.149. The average Bonchev–Trinajstić information content (AvgIpc) is 2.72. The number of hydrogen-bond acceptors (Lipinski definition) is 3. The SMILES string of the molecule is O=C1CN(C(=O)/C=C/c2ccc(Cl)s2)CCN1. The van der Waals surface area contributed by atoms with Crippen LogP contribution >= 0.6 is 22.9 Å². The highest BCUT2D eigenvalue weighted by molar-refractivity contribution is 7.17. The topological polar surface area (TPSA) is 49.4 Å². The predicted molar refractivity (Wildman–Crippen MR) is 68.0 cm³/mol. The molecule has 1 N–H and O–H groups in total. The maximum absolute atomic E-state index is 11.8. The number of carbonyl (C=O) groups excluding carboxylic acids is 2. The largest absolute Gasteiger partial charge is 0.353 e. The minimum Gasteiger partial charge on any atom is -0.353 e. The maximum Gasteiger partial charge on any atom is 0.247 e. The van der Waals surface area contributed by atoms with E-state index in [2.05, 4.69) is 5.32 Å². The summed E-state index contributed by atoms with van der Waals surface area (Å²) in [5, 5.41) is 2.67. The van der Waals surface area contributed by atoms with Crippen LogP contribution in [-0.2, 0) is 9.59 Å². The van der Waals surface area contributed by atoms with Gasteiger partial charge >= 0.3 is 0 Å². The van der Waals surface area contributed by atoms with Crippen molar-refractivity contribution < 1.29 is 9.59 Å². The highest BCUT2D eigenvalue weighted by atomic mass is 35.5. The molecule has 1 aromatic heterocycles. The Kier molecular flexibility index (Phi) is 3.81. The van der Waals surface area contributed by atoms with Gasteiger partial charge < -0.3 is 10.2 Å². The van der Waals surface area contributed by atoms with Crippen LogP contribution in [0.15, 0.2) is 18.2 Å². The van der Waals surface area contributed by atoms with Gasteiger partial charge in [0.05, 0.1) is 10.9 Å². The van der Waals surface area contributed by atoms with Crippen molar-refractivity contribution in [3.05, 3.63) is 27.4 Å². The van der Waals surface area contributed by atoms with Crippen molar-refractivity contribution in [2.45, 2.75) is 0 Å². The van der Waals surface area contributed by atoms with E-state index in [1.54, 1.807) is 12.1 Å². The van der Waals surface area contributed by atoms with Gasteiger partial charge in [0.15, 0.2) is 0 Å². The number of halogens is 1. The zero-order valence-corrected chi connectivity index (χ0v) is 10.6. The molecular formula is C11H11ClN2O2S. The predicted octanol–water partition coefficient (Wildman–Crippen LogP) is 1.37. The second-order valence-corrected chi connectivity index (χ2v) is 5.33. The Morgan fingerprint density at radius 2 is 2.35 bits per heavy atom. The average molecular weight is 271 g/mol. The van der Waals surface area contributed by atoms with Crippen molar-refractivity contribution in [3.8, 4) is 0 Å². The van der Waals surface area contributed by atoms with Crippen molar-refractivity contribution in [1.29, 1.82) is 0 Å². The Hall–Kier alpha value is -1.33. The van der Waals surface area contributed by atoms with Crippen molar-refractivity contribution in [1.82, 2.24) is 10.2 Å². The molecule has 17 heavy (non-hydrogen) atoms. The van der Waals surface area contributed by atoms with Gasteiger partial charge in [0, 0.05) is 24.0 Å². The molecule has 0 aromatic carbocycles. The molecule has 2 heterocycles. The third-order valence-electron chi connectivity index (χ3n) is 2.33. The van der Waals surface area contributed by atoms with Gasteiger partial charge in [-0.1, -0.05) is 11.6 Å². The molecule has 0 unspecified atom stereocenters. The number of carbonyl (C=O) groups is 2. The number of rotatable bonds is 2. The van der Waals surface area contributed by atoms with Gasteiger partial charge in [-0.2, -0.15) is 0 Å². The molecular weight excluding hydrogens is 260 g/mol. The second-order valence-electron chi connectivity index (χ2n) is 3.58.